The van der Waals surface area contributed by atoms with Crippen molar-refractivity contribution < 1.29 is 18.3 Å². The first-order valence-corrected chi connectivity index (χ1v) is 8.86. The minimum Gasteiger partial charge on any atom is -0.369 e. The summed E-state index contributed by atoms with van der Waals surface area (Å²) in [6.45, 7) is 3.89. The van der Waals surface area contributed by atoms with Crippen molar-refractivity contribution in [3.63, 3.8) is 0 Å². The molecule has 2 aliphatic rings. The number of carbonyl (C=O) groups is 1. The highest BCUT2D eigenvalue weighted by molar-refractivity contribution is 5.94. The third-order valence-electron chi connectivity index (χ3n) is 5.22. The van der Waals surface area contributed by atoms with E-state index in [1.807, 2.05) is 13.8 Å². The Morgan fingerprint density at radius 1 is 1.38 bits per heavy atom. The van der Waals surface area contributed by atoms with E-state index in [1.165, 1.54) is 12.1 Å². The van der Waals surface area contributed by atoms with Crippen LogP contribution in [-0.2, 0) is 17.6 Å². The predicted octanol–water partition coefficient (Wildman–Crippen LogP) is 3.22. The highest BCUT2D eigenvalue weighted by Crippen LogP contribution is 2.40. The third-order valence-corrected chi connectivity index (χ3v) is 5.22. The van der Waals surface area contributed by atoms with Gasteiger partial charge in [-0.05, 0) is 44.7 Å². The highest BCUT2D eigenvalue weighted by atomic mass is 19.1. The van der Waals surface area contributed by atoms with Crippen molar-refractivity contribution in [2.45, 2.75) is 57.3 Å². The number of rotatable bonds is 4. The van der Waals surface area contributed by atoms with Gasteiger partial charge in [-0.1, -0.05) is 6.07 Å². The smallest absolute Gasteiger partial charge is 0.272 e. The molecule has 138 valence electrons. The minimum absolute atomic E-state index is 0.0184. The molecule has 0 unspecified atom stereocenters. The average molecular weight is 361 g/mol. The van der Waals surface area contributed by atoms with Gasteiger partial charge in [0.05, 0.1) is 17.9 Å². The summed E-state index contributed by atoms with van der Waals surface area (Å²) in [5, 5.41) is 10.1. The maximum absolute atomic E-state index is 13.9. The van der Waals surface area contributed by atoms with Crippen LogP contribution < -0.4 is 5.32 Å². The molecule has 2 N–H and O–H groups in total. The number of nitrogens with zero attached hydrogens (tertiary/aromatic N) is 1. The Balaban J connectivity index is 1.52. The molecule has 2 atom stereocenters. The summed E-state index contributed by atoms with van der Waals surface area (Å²) in [4.78, 5) is 12.8. The lowest BCUT2D eigenvalue weighted by Crippen LogP contribution is -2.39. The van der Waals surface area contributed by atoms with Crippen LogP contribution in [-0.4, -0.2) is 27.7 Å². The van der Waals surface area contributed by atoms with Crippen LogP contribution in [0.3, 0.4) is 0 Å². The molecule has 1 aliphatic carbocycles. The number of aromatic nitrogens is 2. The normalized spacial score (nSPS) is 23.4. The first kappa shape index (κ1) is 17.1. The fourth-order valence-electron chi connectivity index (χ4n) is 3.69. The number of amides is 1. The van der Waals surface area contributed by atoms with E-state index in [-0.39, 0.29) is 18.1 Å². The molecule has 0 saturated heterocycles. The van der Waals surface area contributed by atoms with Crippen molar-refractivity contribution in [3.8, 4) is 0 Å². The lowest BCUT2D eigenvalue weighted by molar-refractivity contribution is -0.00697. The summed E-state index contributed by atoms with van der Waals surface area (Å²) in [7, 11) is 0. The van der Waals surface area contributed by atoms with Crippen LogP contribution >= 0.6 is 0 Å². The molecule has 1 fully saturated rings. The summed E-state index contributed by atoms with van der Waals surface area (Å²) >= 11 is 0. The van der Waals surface area contributed by atoms with Crippen molar-refractivity contribution >= 4 is 5.91 Å². The van der Waals surface area contributed by atoms with E-state index in [0.717, 1.165) is 30.2 Å². The number of fused-ring (bicyclic) bond motifs is 1. The van der Waals surface area contributed by atoms with Gasteiger partial charge < -0.3 is 10.1 Å². The third kappa shape index (κ3) is 3.11. The topological polar surface area (TPSA) is 67.0 Å². The lowest BCUT2D eigenvalue weighted by Gasteiger charge is -2.25. The Kier molecular flexibility index (Phi) is 4.06. The van der Waals surface area contributed by atoms with Gasteiger partial charge in [0.25, 0.3) is 5.91 Å². The van der Waals surface area contributed by atoms with Gasteiger partial charge in [-0.15, -0.1) is 0 Å². The Morgan fingerprint density at radius 3 is 2.85 bits per heavy atom. The van der Waals surface area contributed by atoms with Gasteiger partial charge >= 0.3 is 0 Å². The fourth-order valence-corrected chi connectivity index (χ4v) is 3.69. The van der Waals surface area contributed by atoms with E-state index in [1.54, 1.807) is 0 Å². The van der Waals surface area contributed by atoms with E-state index in [9.17, 15) is 13.6 Å². The average Bonchev–Trinajstić information content (AvgIpc) is 3.17. The van der Waals surface area contributed by atoms with Gasteiger partial charge in [-0.2, -0.15) is 5.10 Å². The first-order chi connectivity index (χ1) is 12.4. The maximum Gasteiger partial charge on any atom is 0.272 e. The van der Waals surface area contributed by atoms with Crippen molar-refractivity contribution in [2.24, 2.45) is 0 Å². The molecule has 5 nitrogen and oxygen atoms in total. The molecule has 0 bridgehead atoms. The SMILES string of the molecule is C[C@@H]1Cc2c(C(=O)NC3(Cc4ccc(F)cc4F)CC3)n[nH]c2[C@H](C)O1. The summed E-state index contributed by atoms with van der Waals surface area (Å²) in [6, 6.07) is 3.55. The minimum atomic E-state index is -0.603. The maximum atomic E-state index is 13.9. The van der Waals surface area contributed by atoms with Gasteiger partial charge in [-0.3, -0.25) is 9.89 Å². The Morgan fingerprint density at radius 2 is 2.15 bits per heavy atom. The van der Waals surface area contributed by atoms with Crippen molar-refractivity contribution in [1.29, 1.82) is 0 Å². The number of halogens is 2. The second-order valence-electron chi connectivity index (χ2n) is 7.40. The molecular weight excluding hydrogens is 340 g/mol. The molecule has 2 aromatic rings. The molecule has 1 aromatic carbocycles. The molecule has 0 radical (unpaired) electrons. The van der Waals surface area contributed by atoms with E-state index in [2.05, 4.69) is 15.5 Å². The Labute approximate surface area is 150 Å². The number of hydrogen-bond acceptors (Lipinski definition) is 3. The standard InChI is InChI=1S/C19H21F2N3O2/c1-10-7-14-16(11(2)26-10)23-24-17(14)18(25)22-19(5-6-19)9-12-3-4-13(20)8-15(12)21/h3-4,8,10-11H,5-7,9H2,1-2H3,(H,22,25)(H,23,24)/t10-,11+/m1/s1. The van der Waals surface area contributed by atoms with Crippen molar-refractivity contribution in [3.05, 3.63) is 52.3 Å². The molecule has 1 aliphatic heterocycles. The first-order valence-electron chi connectivity index (χ1n) is 8.86. The van der Waals surface area contributed by atoms with Crippen LogP contribution in [0.25, 0.3) is 0 Å². The summed E-state index contributed by atoms with van der Waals surface area (Å²) < 4.78 is 32.8. The highest BCUT2D eigenvalue weighted by Gasteiger charge is 2.45. The zero-order chi connectivity index (χ0) is 18.5. The van der Waals surface area contributed by atoms with Gasteiger partial charge in [0.2, 0.25) is 0 Å². The molecule has 4 rings (SSSR count). The second-order valence-corrected chi connectivity index (χ2v) is 7.40. The van der Waals surface area contributed by atoms with Crippen molar-refractivity contribution in [2.75, 3.05) is 0 Å². The number of H-pyrrole nitrogens is 1. The molecule has 1 saturated carbocycles. The van der Waals surface area contributed by atoms with Crippen LogP contribution in [0.15, 0.2) is 18.2 Å². The molecule has 2 heterocycles. The Bertz CT molecular complexity index is 860. The quantitative estimate of drug-likeness (QED) is 0.879. The summed E-state index contributed by atoms with van der Waals surface area (Å²) in [6.07, 6.45) is 2.37. The monoisotopic (exact) mass is 361 g/mol. The van der Waals surface area contributed by atoms with E-state index in [0.29, 0.717) is 24.1 Å². The van der Waals surface area contributed by atoms with E-state index in [4.69, 9.17) is 4.74 Å². The number of hydrogen-bond donors (Lipinski definition) is 2. The van der Waals surface area contributed by atoms with Crippen LogP contribution in [0, 0.1) is 11.6 Å². The van der Waals surface area contributed by atoms with E-state index < -0.39 is 17.2 Å². The van der Waals surface area contributed by atoms with E-state index >= 15 is 0 Å². The van der Waals surface area contributed by atoms with Gasteiger partial charge in [0.1, 0.15) is 11.6 Å². The van der Waals surface area contributed by atoms with Gasteiger partial charge in [0, 0.05) is 23.6 Å². The predicted molar refractivity (Wildman–Crippen MR) is 90.7 cm³/mol. The largest absolute Gasteiger partial charge is 0.369 e. The number of ether oxygens (including phenoxy) is 1. The molecule has 1 aromatic heterocycles. The number of benzene rings is 1. The Hall–Kier alpha value is -2.28. The summed E-state index contributed by atoms with van der Waals surface area (Å²) in [5.74, 6) is -1.44. The van der Waals surface area contributed by atoms with Crippen LogP contribution in [0.1, 0.15) is 60.1 Å². The zero-order valence-electron chi connectivity index (χ0n) is 14.7. The van der Waals surface area contributed by atoms with Crippen LogP contribution in [0.5, 0.6) is 0 Å². The molecule has 7 heteroatoms. The molecule has 0 spiro atoms. The summed E-state index contributed by atoms with van der Waals surface area (Å²) in [5.41, 5.74) is 2.03. The van der Waals surface area contributed by atoms with Crippen LogP contribution in [0.4, 0.5) is 8.78 Å². The van der Waals surface area contributed by atoms with Gasteiger partial charge in [-0.25, -0.2) is 8.78 Å². The lowest BCUT2D eigenvalue weighted by atomic mass is 9.99. The molecular formula is C19H21F2N3O2. The second kappa shape index (κ2) is 6.16. The van der Waals surface area contributed by atoms with Crippen LogP contribution in [0.2, 0.25) is 0 Å². The molecule has 1 amide bonds. The van der Waals surface area contributed by atoms with Crippen molar-refractivity contribution in [1.82, 2.24) is 15.5 Å². The number of carbonyl (C=O) groups excluding carboxylic acids is 1. The number of aromatic amines is 1. The van der Waals surface area contributed by atoms with Gasteiger partial charge in [0.15, 0.2) is 5.69 Å². The molecule has 26 heavy (non-hydrogen) atoms. The zero-order valence-corrected chi connectivity index (χ0v) is 14.7. The number of nitrogens with one attached hydrogen (secondary N) is 2. The fraction of sp³-hybridized carbons (Fsp3) is 0.474.